The minimum absolute atomic E-state index is 0.436. The standard InChI is InChI=1S/C10H8O3/c11-10(12)13-9-6-5-7-3-1-2-4-8(7)9/h1-6,9H,(H,11,12). The van der Waals surface area contributed by atoms with Crippen molar-refractivity contribution < 1.29 is 14.6 Å². The fraction of sp³-hybridized carbons (Fsp3) is 0.100. The summed E-state index contributed by atoms with van der Waals surface area (Å²) in [5.74, 6) is 0. The maximum absolute atomic E-state index is 10.3. The Morgan fingerprint density at radius 2 is 2.15 bits per heavy atom. The van der Waals surface area contributed by atoms with Crippen LogP contribution in [0.25, 0.3) is 6.08 Å². The van der Waals surface area contributed by atoms with E-state index in [-0.39, 0.29) is 0 Å². The van der Waals surface area contributed by atoms with Gasteiger partial charge in [0.05, 0.1) is 0 Å². The number of carboxylic acid groups (broad SMARTS) is 1. The van der Waals surface area contributed by atoms with Crippen LogP contribution in [0.15, 0.2) is 30.3 Å². The average Bonchev–Trinajstić information content (AvgIpc) is 2.48. The monoisotopic (exact) mass is 176 g/mol. The van der Waals surface area contributed by atoms with Crippen molar-refractivity contribution >= 4 is 12.2 Å². The summed E-state index contributed by atoms with van der Waals surface area (Å²) in [7, 11) is 0. The Morgan fingerprint density at radius 1 is 1.38 bits per heavy atom. The van der Waals surface area contributed by atoms with Crippen LogP contribution in [0.5, 0.6) is 0 Å². The van der Waals surface area contributed by atoms with E-state index in [0.29, 0.717) is 0 Å². The van der Waals surface area contributed by atoms with E-state index in [1.807, 2.05) is 30.3 Å². The van der Waals surface area contributed by atoms with Crippen molar-refractivity contribution in [3.63, 3.8) is 0 Å². The van der Waals surface area contributed by atoms with Crippen molar-refractivity contribution in [2.45, 2.75) is 6.10 Å². The first-order valence-electron chi connectivity index (χ1n) is 3.94. The van der Waals surface area contributed by atoms with Crippen molar-refractivity contribution in [1.82, 2.24) is 0 Å². The molecule has 66 valence electrons. The van der Waals surface area contributed by atoms with Crippen LogP contribution >= 0.6 is 0 Å². The van der Waals surface area contributed by atoms with Gasteiger partial charge < -0.3 is 9.84 Å². The zero-order valence-corrected chi connectivity index (χ0v) is 6.81. The van der Waals surface area contributed by atoms with E-state index in [2.05, 4.69) is 4.74 Å². The molecule has 1 atom stereocenters. The molecule has 3 heteroatoms. The molecule has 1 aliphatic carbocycles. The maximum Gasteiger partial charge on any atom is 0.506 e. The molecule has 0 bridgehead atoms. The van der Waals surface area contributed by atoms with E-state index < -0.39 is 12.3 Å². The smallest absolute Gasteiger partial charge is 0.450 e. The first-order chi connectivity index (χ1) is 6.27. The zero-order chi connectivity index (χ0) is 9.26. The minimum Gasteiger partial charge on any atom is -0.450 e. The predicted molar refractivity (Wildman–Crippen MR) is 47.3 cm³/mol. The number of carbonyl (C=O) groups is 1. The molecule has 1 N–H and O–H groups in total. The predicted octanol–water partition coefficient (Wildman–Crippen LogP) is 2.45. The Morgan fingerprint density at radius 3 is 2.92 bits per heavy atom. The van der Waals surface area contributed by atoms with E-state index in [9.17, 15) is 4.79 Å². The fourth-order valence-electron chi connectivity index (χ4n) is 1.43. The Balaban J connectivity index is 2.28. The molecule has 2 rings (SSSR count). The zero-order valence-electron chi connectivity index (χ0n) is 6.81. The fourth-order valence-corrected chi connectivity index (χ4v) is 1.43. The van der Waals surface area contributed by atoms with Gasteiger partial charge in [0.1, 0.15) is 6.10 Å². The highest BCUT2D eigenvalue weighted by Gasteiger charge is 2.19. The van der Waals surface area contributed by atoms with Crippen LogP contribution in [0.4, 0.5) is 4.79 Å². The van der Waals surface area contributed by atoms with E-state index >= 15 is 0 Å². The maximum atomic E-state index is 10.3. The number of ether oxygens (including phenoxy) is 1. The average molecular weight is 176 g/mol. The highest BCUT2D eigenvalue weighted by atomic mass is 16.7. The summed E-state index contributed by atoms with van der Waals surface area (Å²) in [5.41, 5.74) is 1.93. The first kappa shape index (κ1) is 7.86. The SMILES string of the molecule is O=C(O)OC1C=Cc2ccccc21. The lowest BCUT2D eigenvalue weighted by atomic mass is 10.1. The van der Waals surface area contributed by atoms with Gasteiger partial charge in [0, 0.05) is 5.56 Å². The summed E-state index contributed by atoms with van der Waals surface area (Å²) in [5, 5.41) is 8.44. The Labute approximate surface area is 75.3 Å². The van der Waals surface area contributed by atoms with Crippen LogP contribution in [0, 0.1) is 0 Å². The molecule has 0 heterocycles. The molecule has 1 aliphatic rings. The van der Waals surface area contributed by atoms with Gasteiger partial charge in [-0.3, -0.25) is 0 Å². The molecule has 1 aromatic rings. The summed E-state index contributed by atoms with van der Waals surface area (Å²) in [6, 6.07) is 7.57. The van der Waals surface area contributed by atoms with Gasteiger partial charge in [0.25, 0.3) is 0 Å². The van der Waals surface area contributed by atoms with E-state index in [1.54, 1.807) is 6.08 Å². The topological polar surface area (TPSA) is 46.5 Å². The second kappa shape index (κ2) is 2.94. The molecule has 0 saturated carbocycles. The first-order valence-corrected chi connectivity index (χ1v) is 3.94. The van der Waals surface area contributed by atoms with E-state index in [0.717, 1.165) is 11.1 Å². The van der Waals surface area contributed by atoms with Gasteiger partial charge in [-0.05, 0) is 11.6 Å². The molecule has 0 saturated heterocycles. The summed E-state index contributed by atoms with van der Waals surface area (Å²) < 4.78 is 4.67. The van der Waals surface area contributed by atoms with Crippen LogP contribution < -0.4 is 0 Å². The van der Waals surface area contributed by atoms with Crippen molar-refractivity contribution in [2.24, 2.45) is 0 Å². The van der Waals surface area contributed by atoms with Gasteiger partial charge in [0.15, 0.2) is 0 Å². The summed E-state index contributed by atoms with van der Waals surface area (Å²) in [6.45, 7) is 0. The Bertz CT molecular complexity index is 368. The number of hydrogen-bond acceptors (Lipinski definition) is 2. The lowest BCUT2D eigenvalue weighted by Crippen LogP contribution is -2.05. The summed E-state index contributed by atoms with van der Waals surface area (Å²) in [4.78, 5) is 10.3. The molecule has 0 amide bonds. The van der Waals surface area contributed by atoms with Crippen LogP contribution in [-0.4, -0.2) is 11.3 Å². The van der Waals surface area contributed by atoms with Crippen LogP contribution in [0.2, 0.25) is 0 Å². The Hall–Kier alpha value is -1.77. The third kappa shape index (κ3) is 1.40. The minimum atomic E-state index is -1.24. The van der Waals surface area contributed by atoms with Gasteiger partial charge in [-0.15, -0.1) is 0 Å². The second-order valence-corrected chi connectivity index (χ2v) is 2.79. The molecule has 0 aromatic heterocycles. The van der Waals surface area contributed by atoms with Crippen molar-refractivity contribution in [3.05, 3.63) is 41.5 Å². The van der Waals surface area contributed by atoms with Crippen LogP contribution in [-0.2, 0) is 4.74 Å². The summed E-state index contributed by atoms with van der Waals surface area (Å²) >= 11 is 0. The lowest BCUT2D eigenvalue weighted by molar-refractivity contribution is 0.0700. The van der Waals surface area contributed by atoms with Crippen molar-refractivity contribution in [1.29, 1.82) is 0 Å². The van der Waals surface area contributed by atoms with Gasteiger partial charge in [0.2, 0.25) is 0 Å². The van der Waals surface area contributed by atoms with Gasteiger partial charge in [-0.25, -0.2) is 4.79 Å². The molecule has 13 heavy (non-hydrogen) atoms. The van der Waals surface area contributed by atoms with Gasteiger partial charge >= 0.3 is 6.16 Å². The number of rotatable bonds is 1. The van der Waals surface area contributed by atoms with Gasteiger partial charge in [-0.1, -0.05) is 30.3 Å². The quantitative estimate of drug-likeness (QED) is 0.668. The number of benzene rings is 1. The molecule has 0 radical (unpaired) electrons. The Kier molecular flexibility index (Phi) is 1.77. The molecule has 3 nitrogen and oxygen atoms in total. The summed E-state index contributed by atoms with van der Waals surface area (Å²) in [6.07, 6.45) is 1.92. The largest absolute Gasteiger partial charge is 0.506 e. The van der Waals surface area contributed by atoms with Gasteiger partial charge in [-0.2, -0.15) is 0 Å². The van der Waals surface area contributed by atoms with Crippen LogP contribution in [0.1, 0.15) is 17.2 Å². The number of fused-ring (bicyclic) bond motifs is 1. The van der Waals surface area contributed by atoms with E-state index in [1.165, 1.54) is 0 Å². The molecule has 1 aromatic carbocycles. The highest BCUT2D eigenvalue weighted by Crippen LogP contribution is 2.30. The molecule has 0 aliphatic heterocycles. The highest BCUT2D eigenvalue weighted by molar-refractivity contribution is 5.64. The van der Waals surface area contributed by atoms with Crippen molar-refractivity contribution in [2.75, 3.05) is 0 Å². The van der Waals surface area contributed by atoms with Crippen molar-refractivity contribution in [3.8, 4) is 0 Å². The van der Waals surface area contributed by atoms with E-state index in [4.69, 9.17) is 5.11 Å². The third-order valence-electron chi connectivity index (χ3n) is 1.98. The molecule has 0 spiro atoms. The third-order valence-corrected chi connectivity index (χ3v) is 1.98. The van der Waals surface area contributed by atoms with Crippen LogP contribution in [0.3, 0.4) is 0 Å². The molecular weight excluding hydrogens is 168 g/mol. The molecular formula is C10H8O3. The number of hydrogen-bond donors (Lipinski definition) is 1. The second-order valence-electron chi connectivity index (χ2n) is 2.79. The molecule has 0 fully saturated rings. The normalized spacial score (nSPS) is 18.3. The lowest BCUT2D eigenvalue weighted by Gasteiger charge is -2.08. The molecule has 1 unspecified atom stereocenters.